The third-order valence-electron chi connectivity index (χ3n) is 3.25. The first-order chi connectivity index (χ1) is 9.49. The number of aromatic nitrogens is 2. The number of nitrogen functional groups attached to an aromatic ring is 1. The minimum atomic E-state index is -0.00375. The Morgan fingerprint density at radius 2 is 2.05 bits per heavy atom. The average molecular weight is 293 g/mol. The lowest BCUT2D eigenvalue weighted by Crippen LogP contribution is -2.31. The van der Waals surface area contributed by atoms with Crippen LogP contribution in [0, 0.1) is 0 Å². The minimum absolute atomic E-state index is 0.00375. The molecule has 0 aliphatic carbocycles. The summed E-state index contributed by atoms with van der Waals surface area (Å²) < 4.78 is 0. The first-order valence-electron chi connectivity index (χ1n) is 7.04. The van der Waals surface area contributed by atoms with Crippen molar-refractivity contribution < 1.29 is 0 Å². The zero-order valence-electron chi connectivity index (χ0n) is 12.6. The normalized spacial score (nSPS) is 11.8. The maximum Gasteiger partial charge on any atom is 0.240 e. The summed E-state index contributed by atoms with van der Waals surface area (Å²) in [7, 11) is 0. The van der Waals surface area contributed by atoms with Gasteiger partial charge in [0.25, 0.3) is 0 Å². The highest BCUT2D eigenvalue weighted by molar-refractivity contribution is 7.18. The summed E-state index contributed by atoms with van der Waals surface area (Å²) in [6.45, 7) is 8.71. The van der Waals surface area contributed by atoms with E-state index in [0.717, 1.165) is 35.3 Å². The molecule has 0 saturated carbocycles. The van der Waals surface area contributed by atoms with Crippen molar-refractivity contribution in [2.24, 2.45) is 5.84 Å². The van der Waals surface area contributed by atoms with Crippen molar-refractivity contribution in [3.8, 4) is 0 Å². The molecule has 110 valence electrons. The van der Waals surface area contributed by atoms with E-state index in [1.807, 2.05) is 0 Å². The highest BCUT2D eigenvalue weighted by Crippen LogP contribution is 2.32. The van der Waals surface area contributed by atoms with Crippen LogP contribution in [0.2, 0.25) is 0 Å². The van der Waals surface area contributed by atoms with Crippen molar-refractivity contribution in [2.75, 3.05) is 10.7 Å². The van der Waals surface area contributed by atoms with Crippen molar-refractivity contribution in [1.82, 2.24) is 9.97 Å². The summed E-state index contributed by atoms with van der Waals surface area (Å²) in [5.74, 6) is 6.79. The number of hydrazine groups is 1. The van der Waals surface area contributed by atoms with Crippen LogP contribution < -0.4 is 16.6 Å². The van der Waals surface area contributed by atoms with Crippen LogP contribution in [0.15, 0.2) is 6.07 Å². The Hall–Kier alpha value is -1.40. The highest BCUT2D eigenvalue weighted by Gasteiger charge is 2.20. The zero-order chi connectivity index (χ0) is 14.8. The van der Waals surface area contributed by atoms with Crippen LogP contribution in [0.25, 0.3) is 10.2 Å². The molecule has 20 heavy (non-hydrogen) atoms. The van der Waals surface area contributed by atoms with Gasteiger partial charge >= 0.3 is 0 Å². The molecule has 0 aliphatic rings. The predicted octanol–water partition coefficient (Wildman–Crippen LogP) is 3.53. The van der Waals surface area contributed by atoms with E-state index in [2.05, 4.69) is 54.5 Å². The molecule has 0 aromatic carbocycles. The Bertz CT molecular complexity index is 591. The zero-order valence-corrected chi connectivity index (χ0v) is 13.4. The summed E-state index contributed by atoms with van der Waals surface area (Å²) in [6.07, 6.45) is 3.21. The fourth-order valence-electron chi connectivity index (χ4n) is 2.31. The second-order valence-corrected chi connectivity index (χ2v) is 6.70. The van der Waals surface area contributed by atoms with Gasteiger partial charge in [0.2, 0.25) is 5.95 Å². The molecule has 2 rings (SSSR count). The molecule has 5 nitrogen and oxygen atoms in total. The number of thiophene rings is 1. The van der Waals surface area contributed by atoms with E-state index >= 15 is 0 Å². The maximum atomic E-state index is 5.47. The van der Waals surface area contributed by atoms with E-state index in [1.165, 1.54) is 4.88 Å². The third kappa shape index (κ3) is 3.19. The summed E-state index contributed by atoms with van der Waals surface area (Å²) in [5.41, 5.74) is 2.55. The second kappa shape index (κ2) is 5.93. The van der Waals surface area contributed by atoms with Gasteiger partial charge in [0.1, 0.15) is 10.6 Å². The van der Waals surface area contributed by atoms with Crippen LogP contribution in [-0.2, 0) is 6.42 Å². The highest BCUT2D eigenvalue weighted by atomic mass is 32.1. The smallest absolute Gasteiger partial charge is 0.240 e. The van der Waals surface area contributed by atoms with E-state index < -0.39 is 0 Å². The molecular weight excluding hydrogens is 270 g/mol. The molecule has 0 saturated heterocycles. The predicted molar refractivity (Wildman–Crippen MR) is 87.2 cm³/mol. The number of anilines is 2. The van der Waals surface area contributed by atoms with Crippen LogP contribution in [0.4, 0.5) is 11.8 Å². The van der Waals surface area contributed by atoms with Crippen LogP contribution in [0.1, 0.15) is 45.4 Å². The van der Waals surface area contributed by atoms with Crippen molar-refractivity contribution in [3.63, 3.8) is 0 Å². The lowest BCUT2D eigenvalue weighted by molar-refractivity contribution is 0.509. The largest absolute Gasteiger partial charge is 0.364 e. The monoisotopic (exact) mass is 293 g/mol. The molecule has 0 aliphatic heterocycles. The lowest BCUT2D eigenvalue weighted by Gasteiger charge is -2.26. The van der Waals surface area contributed by atoms with Gasteiger partial charge in [-0.3, -0.25) is 5.43 Å². The van der Waals surface area contributed by atoms with Crippen LogP contribution >= 0.6 is 11.3 Å². The number of fused-ring (bicyclic) bond motifs is 1. The fraction of sp³-hybridized carbons (Fsp3) is 0.571. The van der Waals surface area contributed by atoms with Gasteiger partial charge in [-0.15, -0.1) is 11.3 Å². The Morgan fingerprint density at radius 3 is 2.65 bits per heavy atom. The molecule has 2 aromatic heterocycles. The Kier molecular flexibility index (Phi) is 4.45. The van der Waals surface area contributed by atoms with Crippen LogP contribution in [0.5, 0.6) is 0 Å². The number of nitrogens with one attached hydrogen (secondary N) is 2. The van der Waals surface area contributed by atoms with Gasteiger partial charge in [0, 0.05) is 10.4 Å². The number of hydrogen-bond donors (Lipinski definition) is 3. The Labute approximate surface area is 124 Å². The van der Waals surface area contributed by atoms with Crippen LogP contribution in [0.3, 0.4) is 0 Å². The van der Waals surface area contributed by atoms with E-state index in [9.17, 15) is 0 Å². The molecule has 0 fully saturated rings. The number of nitrogens with two attached hydrogens (primary N) is 1. The average Bonchev–Trinajstić information content (AvgIpc) is 2.81. The summed E-state index contributed by atoms with van der Waals surface area (Å²) in [5, 5.41) is 4.61. The summed E-state index contributed by atoms with van der Waals surface area (Å²) in [6, 6.07) is 2.17. The lowest BCUT2D eigenvalue weighted by atomic mass is 9.99. The molecule has 2 heterocycles. The van der Waals surface area contributed by atoms with Crippen LogP contribution in [-0.4, -0.2) is 15.5 Å². The first-order valence-corrected chi connectivity index (χ1v) is 7.86. The van der Waals surface area contributed by atoms with E-state index in [-0.39, 0.29) is 5.54 Å². The van der Waals surface area contributed by atoms with Gasteiger partial charge in [0.05, 0.1) is 5.39 Å². The van der Waals surface area contributed by atoms with Gasteiger partial charge in [-0.05, 0) is 32.8 Å². The SMILES string of the molecule is CCCC(C)(C)Nc1nc(NN)nc2sc(CC)cc12. The van der Waals surface area contributed by atoms with Gasteiger partial charge in [-0.2, -0.15) is 4.98 Å². The summed E-state index contributed by atoms with van der Waals surface area (Å²) in [4.78, 5) is 11.2. The van der Waals surface area contributed by atoms with Gasteiger partial charge in [-0.25, -0.2) is 10.8 Å². The minimum Gasteiger partial charge on any atom is -0.364 e. The molecule has 0 unspecified atom stereocenters. The molecule has 6 heteroatoms. The molecule has 0 amide bonds. The molecule has 4 N–H and O–H groups in total. The van der Waals surface area contributed by atoms with Gasteiger partial charge < -0.3 is 5.32 Å². The quantitative estimate of drug-likeness (QED) is 0.561. The molecule has 0 spiro atoms. The first kappa shape index (κ1) is 15.0. The molecule has 0 radical (unpaired) electrons. The molecule has 0 bridgehead atoms. The van der Waals surface area contributed by atoms with Crippen molar-refractivity contribution in [2.45, 2.75) is 52.5 Å². The van der Waals surface area contributed by atoms with E-state index in [4.69, 9.17) is 5.84 Å². The number of hydrogen-bond acceptors (Lipinski definition) is 6. The standard InChI is InChI=1S/C14H23N5S/c1-5-7-14(3,4)18-11-10-8-9(6-2)20-12(10)17-13(16-11)19-15/h8H,5-7,15H2,1-4H3,(H2,16,17,18,19). The Morgan fingerprint density at radius 1 is 1.30 bits per heavy atom. The number of aryl methyl sites for hydroxylation is 1. The van der Waals surface area contributed by atoms with Crippen molar-refractivity contribution in [1.29, 1.82) is 0 Å². The van der Waals surface area contributed by atoms with E-state index in [1.54, 1.807) is 11.3 Å². The van der Waals surface area contributed by atoms with Crippen molar-refractivity contribution in [3.05, 3.63) is 10.9 Å². The van der Waals surface area contributed by atoms with Gasteiger partial charge in [0.15, 0.2) is 0 Å². The maximum absolute atomic E-state index is 5.47. The fourth-order valence-corrected chi connectivity index (χ4v) is 3.28. The molecule has 0 atom stereocenters. The Balaban J connectivity index is 2.46. The number of nitrogens with zero attached hydrogens (tertiary/aromatic N) is 2. The molecular formula is C14H23N5S. The van der Waals surface area contributed by atoms with Crippen molar-refractivity contribution >= 4 is 33.3 Å². The summed E-state index contributed by atoms with van der Waals surface area (Å²) >= 11 is 1.69. The van der Waals surface area contributed by atoms with E-state index in [0.29, 0.717) is 5.95 Å². The molecule has 2 aromatic rings. The number of rotatable bonds is 6. The third-order valence-corrected chi connectivity index (χ3v) is 4.43. The second-order valence-electron chi connectivity index (χ2n) is 5.58. The van der Waals surface area contributed by atoms with Gasteiger partial charge in [-0.1, -0.05) is 20.3 Å². The topological polar surface area (TPSA) is 75.9 Å².